The lowest BCUT2D eigenvalue weighted by molar-refractivity contribution is -0.162. The Balaban J connectivity index is 2.42. The predicted octanol–water partition coefficient (Wildman–Crippen LogP) is 9.64. The van der Waals surface area contributed by atoms with Crippen LogP contribution >= 0.6 is 0 Å². The van der Waals surface area contributed by atoms with Gasteiger partial charge in [0.2, 0.25) is 5.69 Å². The molecule has 0 aliphatic carbocycles. The second-order valence-corrected chi connectivity index (χ2v) is 8.02. The predicted molar refractivity (Wildman–Crippen MR) is 110 cm³/mol. The fourth-order valence-electron chi connectivity index (χ4n) is 4.24. The van der Waals surface area contributed by atoms with E-state index in [9.17, 15) is 57.9 Å². The van der Waals surface area contributed by atoms with Gasteiger partial charge < -0.3 is 0 Å². The number of rotatable bonds is 0. The van der Waals surface area contributed by atoms with E-state index in [2.05, 4.69) is 4.85 Å². The highest BCUT2D eigenvalue weighted by atomic mass is 19.4. The monoisotopic (exact) mass is 550 g/mol. The SMILES string of the molecule is [C-]#[N+]c1cc2c(cc1C#N)c1cc(C(F)(F)F)c(C(F)(F)F)cc1c1cc(C(F)(F)F)c(C(F)(F)F)cc21. The van der Waals surface area contributed by atoms with Gasteiger partial charge in [0.25, 0.3) is 0 Å². The van der Waals surface area contributed by atoms with E-state index in [1.54, 1.807) is 6.07 Å². The molecule has 0 saturated carbocycles. The first-order chi connectivity index (χ1) is 17.3. The van der Waals surface area contributed by atoms with Gasteiger partial charge >= 0.3 is 24.7 Å². The summed E-state index contributed by atoms with van der Waals surface area (Å²) in [4.78, 5) is 3.01. The minimum absolute atomic E-state index is 0.0174. The Kier molecular flexibility index (Phi) is 5.76. The highest BCUT2D eigenvalue weighted by Gasteiger charge is 2.45. The first kappa shape index (κ1) is 26.9. The molecule has 0 unspecified atom stereocenters. The fraction of sp³-hybridized carbons (Fsp3) is 0.167. The molecule has 0 fully saturated rings. The van der Waals surface area contributed by atoms with Crippen LogP contribution in [-0.2, 0) is 24.7 Å². The van der Waals surface area contributed by atoms with Crippen molar-refractivity contribution in [3.05, 3.63) is 75.6 Å². The van der Waals surface area contributed by atoms with Crippen molar-refractivity contribution >= 4 is 38.0 Å². The molecule has 0 N–H and O–H groups in total. The van der Waals surface area contributed by atoms with Gasteiger partial charge in [0.05, 0.1) is 40.5 Å². The molecule has 0 aromatic heterocycles. The average molecular weight is 550 g/mol. The summed E-state index contributed by atoms with van der Waals surface area (Å²) >= 11 is 0. The molecule has 14 heteroatoms. The quantitative estimate of drug-likeness (QED) is 0.122. The van der Waals surface area contributed by atoms with Crippen LogP contribution in [0.2, 0.25) is 0 Å². The Labute approximate surface area is 203 Å². The third-order valence-electron chi connectivity index (χ3n) is 5.78. The van der Waals surface area contributed by atoms with E-state index >= 15 is 0 Å². The van der Waals surface area contributed by atoms with Crippen LogP contribution in [0.4, 0.5) is 58.4 Å². The lowest BCUT2D eigenvalue weighted by Gasteiger charge is -2.21. The third kappa shape index (κ3) is 4.30. The van der Waals surface area contributed by atoms with Crippen LogP contribution in [-0.4, -0.2) is 0 Å². The molecule has 0 spiro atoms. The van der Waals surface area contributed by atoms with Gasteiger partial charge in [-0.2, -0.15) is 57.9 Å². The lowest BCUT2D eigenvalue weighted by atomic mass is 9.87. The molecule has 2 nitrogen and oxygen atoms in total. The van der Waals surface area contributed by atoms with E-state index in [-0.39, 0.29) is 24.3 Å². The fourth-order valence-corrected chi connectivity index (χ4v) is 4.24. The summed E-state index contributed by atoms with van der Waals surface area (Å²) in [5.74, 6) is 0. The molecule has 0 aliphatic rings. The van der Waals surface area contributed by atoms with Crippen molar-refractivity contribution in [2.24, 2.45) is 0 Å². The first-order valence-electron chi connectivity index (χ1n) is 9.90. The van der Waals surface area contributed by atoms with Gasteiger partial charge in [0, 0.05) is 0 Å². The number of alkyl halides is 12. The number of nitriles is 1. The standard InChI is InChI=1S/C24H6F12N2/c1-38-20-7-15-10(2-9(20)8-37)11-3-16(21(25,26)27)17(22(28,29)30)4-12(11)13-5-18(23(31,32)33)19(6-14(13)15)24(34,35)36/h2-7H. The summed E-state index contributed by atoms with van der Waals surface area (Å²) in [6.45, 7) is 7.18. The van der Waals surface area contributed by atoms with Gasteiger partial charge in [-0.05, 0) is 68.7 Å². The zero-order valence-corrected chi connectivity index (χ0v) is 17.9. The van der Waals surface area contributed by atoms with Crippen LogP contribution in [0.15, 0.2) is 36.4 Å². The van der Waals surface area contributed by atoms with Crippen LogP contribution in [0.3, 0.4) is 0 Å². The van der Waals surface area contributed by atoms with Crippen molar-refractivity contribution in [2.45, 2.75) is 24.7 Å². The summed E-state index contributed by atoms with van der Waals surface area (Å²) < 4.78 is 163. The molecule has 4 aromatic carbocycles. The Bertz CT molecular complexity index is 1600. The molecular formula is C24H6F12N2. The first-order valence-corrected chi connectivity index (χ1v) is 9.90. The van der Waals surface area contributed by atoms with E-state index in [0.717, 1.165) is 12.1 Å². The van der Waals surface area contributed by atoms with Crippen molar-refractivity contribution < 1.29 is 52.7 Å². The van der Waals surface area contributed by atoms with Crippen LogP contribution < -0.4 is 0 Å². The van der Waals surface area contributed by atoms with E-state index in [1.807, 2.05) is 0 Å². The second-order valence-electron chi connectivity index (χ2n) is 8.02. The van der Waals surface area contributed by atoms with Gasteiger partial charge in [0.15, 0.2) is 0 Å². The third-order valence-corrected chi connectivity index (χ3v) is 5.78. The Morgan fingerprint density at radius 1 is 0.500 bits per heavy atom. The van der Waals surface area contributed by atoms with Gasteiger partial charge in [-0.3, -0.25) is 0 Å². The summed E-state index contributed by atoms with van der Waals surface area (Å²) in [6, 6.07) is 3.01. The summed E-state index contributed by atoms with van der Waals surface area (Å²) in [5.41, 5.74) is -9.90. The van der Waals surface area contributed by atoms with Gasteiger partial charge in [-0.1, -0.05) is 0 Å². The van der Waals surface area contributed by atoms with E-state index in [1.165, 1.54) is 0 Å². The van der Waals surface area contributed by atoms with E-state index in [0.29, 0.717) is 0 Å². The summed E-state index contributed by atoms with van der Waals surface area (Å²) in [7, 11) is 0. The molecule has 38 heavy (non-hydrogen) atoms. The van der Waals surface area contributed by atoms with Crippen molar-refractivity contribution in [2.75, 3.05) is 0 Å². The molecule has 4 aromatic rings. The number of hydrogen-bond acceptors (Lipinski definition) is 1. The van der Waals surface area contributed by atoms with Crippen LogP contribution in [0.25, 0.3) is 37.2 Å². The highest BCUT2D eigenvalue weighted by Crippen LogP contribution is 2.49. The van der Waals surface area contributed by atoms with E-state index < -0.39 is 90.5 Å². The highest BCUT2D eigenvalue weighted by molar-refractivity contribution is 6.26. The Morgan fingerprint density at radius 2 is 0.763 bits per heavy atom. The van der Waals surface area contributed by atoms with Crippen LogP contribution in [0, 0.1) is 17.9 Å². The second kappa shape index (κ2) is 8.15. The van der Waals surface area contributed by atoms with Crippen molar-refractivity contribution in [3.8, 4) is 6.07 Å². The zero-order valence-electron chi connectivity index (χ0n) is 17.9. The van der Waals surface area contributed by atoms with Gasteiger partial charge in [-0.25, -0.2) is 4.85 Å². The Hall–Kier alpha value is -4.20. The smallest absolute Gasteiger partial charge is 0.237 e. The molecule has 196 valence electrons. The molecule has 4 rings (SSSR count). The number of halogens is 12. The number of fused-ring (bicyclic) bond motifs is 6. The van der Waals surface area contributed by atoms with E-state index in [4.69, 9.17) is 6.57 Å². The molecule has 0 atom stereocenters. The Morgan fingerprint density at radius 3 is 1.00 bits per heavy atom. The number of benzene rings is 4. The lowest BCUT2D eigenvalue weighted by Crippen LogP contribution is -2.17. The molecule has 0 aliphatic heterocycles. The largest absolute Gasteiger partial charge is 0.417 e. The van der Waals surface area contributed by atoms with Gasteiger partial charge in [-0.15, -0.1) is 0 Å². The van der Waals surface area contributed by atoms with Crippen molar-refractivity contribution in [3.63, 3.8) is 0 Å². The average Bonchev–Trinajstić information content (AvgIpc) is 2.79. The maximum atomic E-state index is 13.6. The molecular weight excluding hydrogens is 544 g/mol. The topological polar surface area (TPSA) is 28.1 Å². The molecule has 0 amide bonds. The van der Waals surface area contributed by atoms with Crippen LogP contribution in [0.1, 0.15) is 27.8 Å². The minimum Gasteiger partial charge on any atom is -0.237 e. The molecule has 0 saturated heterocycles. The molecule has 0 bridgehead atoms. The summed E-state index contributed by atoms with van der Waals surface area (Å²) in [6.07, 6.45) is -22.5. The minimum atomic E-state index is -5.65. The van der Waals surface area contributed by atoms with Crippen molar-refractivity contribution in [1.29, 1.82) is 5.26 Å². The van der Waals surface area contributed by atoms with Gasteiger partial charge in [0.1, 0.15) is 0 Å². The number of hydrogen-bond donors (Lipinski definition) is 0. The summed E-state index contributed by atoms with van der Waals surface area (Å²) in [5, 5.41) is 5.21. The molecule has 0 radical (unpaired) electrons. The molecule has 0 heterocycles. The maximum Gasteiger partial charge on any atom is 0.417 e. The maximum absolute atomic E-state index is 13.6. The van der Waals surface area contributed by atoms with Crippen molar-refractivity contribution in [1.82, 2.24) is 0 Å². The zero-order chi connectivity index (χ0) is 28.6. The normalized spacial score (nSPS) is 13.2. The number of nitrogens with zero attached hydrogens (tertiary/aromatic N) is 2. The van der Waals surface area contributed by atoms with Crippen LogP contribution in [0.5, 0.6) is 0 Å².